The van der Waals surface area contributed by atoms with Gasteiger partial charge < -0.3 is 19.2 Å². The predicted octanol–water partition coefficient (Wildman–Crippen LogP) is 4.13. The zero-order chi connectivity index (χ0) is 23.4. The Bertz CT molecular complexity index is 1260. The van der Waals surface area contributed by atoms with Crippen molar-refractivity contribution in [2.24, 2.45) is 0 Å². The number of amides is 1. The Balaban J connectivity index is 1.54. The Morgan fingerprint density at radius 2 is 1.88 bits per heavy atom. The molecule has 1 aromatic carbocycles. The maximum absolute atomic E-state index is 12.7. The van der Waals surface area contributed by atoms with Crippen molar-refractivity contribution < 1.29 is 18.7 Å². The monoisotopic (exact) mass is 447 g/mol. The number of benzene rings is 1. The number of nitrogens with one attached hydrogen (secondary N) is 1. The molecule has 1 amide bonds. The first-order chi connectivity index (χ1) is 16.0. The van der Waals surface area contributed by atoms with Gasteiger partial charge in [0.2, 0.25) is 5.91 Å². The molecule has 0 saturated heterocycles. The summed E-state index contributed by atoms with van der Waals surface area (Å²) in [6.07, 6.45) is 2.35. The quantitative estimate of drug-likeness (QED) is 0.433. The molecule has 0 spiro atoms. The van der Waals surface area contributed by atoms with Crippen LogP contribution in [0.3, 0.4) is 0 Å². The lowest BCUT2D eigenvalue weighted by molar-refractivity contribution is -0.116. The molecule has 3 aromatic heterocycles. The first-order valence-corrected chi connectivity index (χ1v) is 10.4. The Hall–Kier alpha value is -4.14. The van der Waals surface area contributed by atoms with Gasteiger partial charge in [-0.25, -0.2) is 14.6 Å². The minimum Gasteiger partial charge on any atom is -0.493 e. The summed E-state index contributed by atoms with van der Waals surface area (Å²) in [5.74, 6) is 2.87. The topological polar surface area (TPSA) is 104 Å². The molecule has 0 radical (unpaired) electrons. The summed E-state index contributed by atoms with van der Waals surface area (Å²) in [6.45, 7) is 3.85. The Labute approximate surface area is 191 Å². The van der Waals surface area contributed by atoms with Crippen LogP contribution < -0.4 is 14.8 Å². The highest BCUT2D eigenvalue weighted by Gasteiger charge is 2.15. The minimum atomic E-state index is -0.173. The van der Waals surface area contributed by atoms with E-state index >= 15 is 0 Å². The van der Waals surface area contributed by atoms with Crippen LogP contribution in [0.2, 0.25) is 0 Å². The number of aromatic nitrogens is 4. The van der Waals surface area contributed by atoms with E-state index in [1.807, 2.05) is 38.1 Å². The van der Waals surface area contributed by atoms with Crippen LogP contribution in [0.4, 0.5) is 5.82 Å². The SMILES string of the molecule is COc1ccc(CCC(=O)Nc2cc(-n3nc(C)cc3C)nc(-c3ccco3)n2)cc1OC. The zero-order valence-corrected chi connectivity index (χ0v) is 19.0. The second kappa shape index (κ2) is 9.56. The van der Waals surface area contributed by atoms with Gasteiger partial charge in [0.25, 0.3) is 0 Å². The number of carbonyl (C=O) groups is 1. The highest BCUT2D eigenvalue weighted by atomic mass is 16.5. The van der Waals surface area contributed by atoms with E-state index in [-0.39, 0.29) is 12.3 Å². The number of carbonyl (C=O) groups excluding carboxylic acids is 1. The van der Waals surface area contributed by atoms with Crippen LogP contribution in [0, 0.1) is 13.8 Å². The second-order valence-corrected chi connectivity index (χ2v) is 7.49. The van der Waals surface area contributed by atoms with E-state index in [9.17, 15) is 4.79 Å². The molecule has 0 fully saturated rings. The molecule has 0 atom stereocenters. The summed E-state index contributed by atoms with van der Waals surface area (Å²) < 4.78 is 17.8. The number of hydrogen-bond acceptors (Lipinski definition) is 7. The van der Waals surface area contributed by atoms with Gasteiger partial charge in [0, 0.05) is 18.2 Å². The molecule has 3 heterocycles. The van der Waals surface area contributed by atoms with Crippen LogP contribution in [-0.4, -0.2) is 39.9 Å². The summed E-state index contributed by atoms with van der Waals surface area (Å²) in [4.78, 5) is 21.8. The molecule has 4 aromatic rings. The van der Waals surface area contributed by atoms with Gasteiger partial charge in [-0.2, -0.15) is 5.10 Å². The molecule has 170 valence electrons. The van der Waals surface area contributed by atoms with E-state index in [1.54, 1.807) is 43.4 Å². The lowest BCUT2D eigenvalue weighted by Gasteiger charge is -2.11. The molecular formula is C24H25N5O4. The van der Waals surface area contributed by atoms with Crippen LogP contribution in [0.5, 0.6) is 11.5 Å². The number of aryl methyl sites for hydroxylation is 3. The average molecular weight is 447 g/mol. The summed E-state index contributed by atoms with van der Waals surface area (Å²) in [6, 6.07) is 12.8. The van der Waals surface area contributed by atoms with Crippen LogP contribution in [0.1, 0.15) is 23.4 Å². The molecule has 1 N–H and O–H groups in total. The molecule has 0 unspecified atom stereocenters. The molecule has 0 aliphatic carbocycles. The number of anilines is 1. The standard InChI is InChI=1S/C24H25N5O4/c1-15-12-16(2)29(28-15)22-14-21(26-24(27-22)19-6-5-11-33-19)25-23(30)10-8-17-7-9-18(31-3)20(13-17)32-4/h5-7,9,11-14H,8,10H2,1-4H3,(H,25,26,27,30). The van der Waals surface area contributed by atoms with Gasteiger partial charge in [-0.3, -0.25) is 4.79 Å². The Morgan fingerprint density at radius 1 is 1.06 bits per heavy atom. The summed E-state index contributed by atoms with van der Waals surface area (Å²) >= 11 is 0. The molecule has 9 nitrogen and oxygen atoms in total. The number of methoxy groups -OCH3 is 2. The van der Waals surface area contributed by atoms with Crippen LogP contribution in [-0.2, 0) is 11.2 Å². The van der Waals surface area contributed by atoms with E-state index in [0.29, 0.717) is 41.1 Å². The van der Waals surface area contributed by atoms with Gasteiger partial charge in [0.1, 0.15) is 5.82 Å². The lowest BCUT2D eigenvalue weighted by Crippen LogP contribution is -2.15. The molecule has 0 bridgehead atoms. The Kier molecular flexibility index (Phi) is 6.39. The van der Waals surface area contributed by atoms with Gasteiger partial charge in [-0.1, -0.05) is 6.07 Å². The van der Waals surface area contributed by atoms with Crippen molar-refractivity contribution in [3.8, 4) is 28.9 Å². The van der Waals surface area contributed by atoms with Crippen molar-refractivity contribution in [1.29, 1.82) is 0 Å². The molecule has 4 rings (SSSR count). The van der Waals surface area contributed by atoms with Crippen LogP contribution in [0.25, 0.3) is 17.4 Å². The molecule has 9 heteroatoms. The fourth-order valence-electron chi connectivity index (χ4n) is 3.48. The maximum atomic E-state index is 12.7. The van der Waals surface area contributed by atoms with Crippen LogP contribution in [0.15, 0.2) is 53.1 Å². The van der Waals surface area contributed by atoms with Gasteiger partial charge in [-0.05, 0) is 56.2 Å². The average Bonchev–Trinajstić information content (AvgIpc) is 3.46. The number of furan rings is 1. The lowest BCUT2D eigenvalue weighted by atomic mass is 10.1. The molecule has 33 heavy (non-hydrogen) atoms. The van der Waals surface area contributed by atoms with Crippen molar-refractivity contribution >= 4 is 11.7 Å². The summed E-state index contributed by atoms with van der Waals surface area (Å²) in [5, 5.41) is 7.36. The summed E-state index contributed by atoms with van der Waals surface area (Å²) in [7, 11) is 3.17. The largest absolute Gasteiger partial charge is 0.493 e. The van der Waals surface area contributed by atoms with E-state index in [4.69, 9.17) is 13.9 Å². The normalized spacial score (nSPS) is 10.8. The number of rotatable bonds is 8. The smallest absolute Gasteiger partial charge is 0.225 e. The fraction of sp³-hybridized carbons (Fsp3) is 0.250. The van der Waals surface area contributed by atoms with Crippen molar-refractivity contribution in [3.05, 3.63) is 65.7 Å². The van der Waals surface area contributed by atoms with E-state index in [2.05, 4.69) is 20.4 Å². The predicted molar refractivity (Wildman–Crippen MR) is 123 cm³/mol. The maximum Gasteiger partial charge on any atom is 0.225 e. The summed E-state index contributed by atoms with van der Waals surface area (Å²) in [5.41, 5.74) is 2.75. The third-order valence-electron chi connectivity index (χ3n) is 5.04. The third-order valence-corrected chi connectivity index (χ3v) is 5.04. The van der Waals surface area contributed by atoms with Gasteiger partial charge in [-0.15, -0.1) is 0 Å². The van der Waals surface area contributed by atoms with Crippen molar-refractivity contribution in [2.75, 3.05) is 19.5 Å². The molecular weight excluding hydrogens is 422 g/mol. The first kappa shape index (κ1) is 22.1. The van der Waals surface area contributed by atoms with Crippen molar-refractivity contribution in [3.63, 3.8) is 0 Å². The van der Waals surface area contributed by atoms with Gasteiger partial charge >= 0.3 is 0 Å². The van der Waals surface area contributed by atoms with Gasteiger partial charge in [0.15, 0.2) is 28.9 Å². The fourth-order valence-corrected chi connectivity index (χ4v) is 3.48. The molecule has 0 aliphatic rings. The highest BCUT2D eigenvalue weighted by molar-refractivity contribution is 5.90. The van der Waals surface area contributed by atoms with E-state index < -0.39 is 0 Å². The first-order valence-electron chi connectivity index (χ1n) is 10.4. The number of ether oxygens (including phenoxy) is 2. The van der Waals surface area contributed by atoms with Crippen molar-refractivity contribution in [1.82, 2.24) is 19.7 Å². The Morgan fingerprint density at radius 3 is 2.55 bits per heavy atom. The van der Waals surface area contributed by atoms with Crippen molar-refractivity contribution in [2.45, 2.75) is 26.7 Å². The minimum absolute atomic E-state index is 0.173. The second-order valence-electron chi connectivity index (χ2n) is 7.49. The number of nitrogens with zero attached hydrogens (tertiary/aromatic N) is 4. The molecule has 0 aliphatic heterocycles. The highest BCUT2D eigenvalue weighted by Crippen LogP contribution is 2.28. The molecule has 0 saturated carbocycles. The zero-order valence-electron chi connectivity index (χ0n) is 19.0. The van der Waals surface area contributed by atoms with E-state index in [1.165, 1.54) is 0 Å². The van der Waals surface area contributed by atoms with Crippen LogP contribution >= 0.6 is 0 Å². The van der Waals surface area contributed by atoms with Gasteiger partial charge in [0.05, 0.1) is 26.2 Å². The third kappa shape index (κ3) is 5.03. The van der Waals surface area contributed by atoms with E-state index in [0.717, 1.165) is 17.0 Å². The number of hydrogen-bond donors (Lipinski definition) is 1.